The topological polar surface area (TPSA) is 43.8 Å². The maximum absolute atomic E-state index is 6.36. The summed E-state index contributed by atoms with van der Waals surface area (Å²) in [6.07, 6.45) is 6.49. The Labute approximate surface area is 127 Å². The molecule has 0 bridgehead atoms. The molecule has 112 valence electrons. The van der Waals surface area contributed by atoms with E-state index in [1.165, 1.54) is 54.6 Å². The molecular weight excluding hydrogens is 258 g/mol. The van der Waals surface area contributed by atoms with Gasteiger partial charge in [-0.25, -0.2) is 4.98 Å². The van der Waals surface area contributed by atoms with Crippen molar-refractivity contribution in [2.75, 3.05) is 5.73 Å². The minimum Gasteiger partial charge on any atom is -0.383 e. The van der Waals surface area contributed by atoms with E-state index in [0.717, 1.165) is 11.5 Å². The first kappa shape index (κ1) is 14.2. The number of aryl methyl sites for hydroxylation is 2. The highest BCUT2D eigenvalue weighted by molar-refractivity contribution is 5.74. The van der Waals surface area contributed by atoms with Crippen LogP contribution < -0.4 is 5.73 Å². The van der Waals surface area contributed by atoms with E-state index in [-0.39, 0.29) is 0 Å². The van der Waals surface area contributed by atoms with Crippen LogP contribution in [0.3, 0.4) is 0 Å². The molecule has 1 heterocycles. The molecule has 1 aromatic carbocycles. The van der Waals surface area contributed by atoms with Crippen molar-refractivity contribution in [3.05, 3.63) is 35.2 Å². The SMILES string of the molecule is Cc1ccc(C)c(-c2nc(C3CCCCC3)n(C)c2N)c1. The molecule has 21 heavy (non-hydrogen) atoms. The Morgan fingerprint density at radius 1 is 1.14 bits per heavy atom. The molecule has 0 spiro atoms. The lowest BCUT2D eigenvalue weighted by atomic mass is 9.89. The lowest BCUT2D eigenvalue weighted by Crippen LogP contribution is -2.11. The molecule has 1 aromatic heterocycles. The Kier molecular flexibility index (Phi) is 3.75. The average molecular weight is 283 g/mol. The van der Waals surface area contributed by atoms with Gasteiger partial charge in [0.15, 0.2) is 0 Å². The highest BCUT2D eigenvalue weighted by Gasteiger charge is 2.23. The van der Waals surface area contributed by atoms with Crippen LogP contribution in [0.1, 0.15) is 55.0 Å². The van der Waals surface area contributed by atoms with Gasteiger partial charge in [0.05, 0.1) is 0 Å². The van der Waals surface area contributed by atoms with Gasteiger partial charge in [0.1, 0.15) is 17.3 Å². The van der Waals surface area contributed by atoms with Crippen LogP contribution in [-0.4, -0.2) is 9.55 Å². The van der Waals surface area contributed by atoms with Crippen LogP contribution in [0.4, 0.5) is 5.82 Å². The predicted molar refractivity (Wildman–Crippen MR) is 88.4 cm³/mol. The smallest absolute Gasteiger partial charge is 0.131 e. The van der Waals surface area contributed by atoms with Gasteiger partial charge in [-0.1, -0.05) is 37.0 Å². The number of imidazole rings is 1. The lowest BCUT2D eigenvalue weighted by molar-refractivity contribution is 0.422. The van der Waals surface area contributed by atoms with Crippen LogP contribution in [0.15, 0.2) is 18.2 Å². The van der Waals surface area contributed by atoms with Crippen LogP contribution in [0.25, 0.3) is 11.3 Å². The summed E-state index contributed by atoms with van der Waals surface area (Å²) in [5.74, 6) is 2.54. The van der Waals surface area contributed by atoms with Crippen LogP contribution >= 0.6 is 0 Å². The Bertz CT molecular complexity index is 649. The van der Waals surface area contributed by atoms with E-state index >= 15 is 0 Å². The van der Waals surface area contributed by atoms with Gasteiger partial charge in [-0.05, 0) is 38.3 Å². The number of hydrogen-bond donors (Lipinski definition) is 1. The van der Waals surface area contributed by atoms with Crippen molar-refractivity contribution < 1.29 is 0 Å². The number of benzene rings is 1. The second-order valence-electron chi connectivity index (χ2n) is 6.42. The van der Waals surface area contributed by atoms with Gasteiger partial charge in [0, 0.05) is 18.5 Å². The fourth-order valence-corrected chi connectivity index (χ4v) is 3.44. The number of aromatic nitrogens is 2. The number of nitrogens with two attached hydrogens (primary N) is 1. The van der Waals surface area contributed by atoms with E-state index in [1.807, 2.05) is 0 Å². The predicted octanol–water partition coefficient (Wildman–Crippen LogP) is 4.33. The van der Waals surface area contributed by atoms with Crippen molar-refractivity contribution in [2.45, 2.75) is 51.9 Å². The summed E-state index contributed by atoms with van der Waals surface area (Å²) in [7, 11) is 2.06. The molecule has 1 aliphatic rings. The average Bonchev–Trinajstić information content (AvgIpc) is 2.79. The third-order valence-corrected chi connectivity index (χ3v) is 4.79. The zero-order chi connectivity index (χ0) is 15.0. The molecule has 0 amide bonds. The van der Waals surface area contributed by atoms with Gasteiger partial charge in [0.2, 0.25) is 0 Å². The molecule has 1 aliphatic carbocycles. The van der Waals surface area contributed by atoms with Gasteiger partial charge in [0.25, 0.3) is 0 Å². The number of rotatable bonds is 2. The fourth-order valence-electron chi connectivity index (χ4n) is 3.44. The van der Waals surface area contributed by atoms with Gasteiger partial charge in [-0.2, -0.15) is 0 Å². The maximum Gasteiger partial charge on any atom is 0.131 e. The van der Waals surface area contributed by atoms with Gasteiger partial charge < -0.3 is 10.3 Å². The second-order valence-corrected chi connectivity index (χ2v) is 6.42. The molecule has 0 unspecified atom stereocenters. The molecule has 0 radical (unpaired) electrons. The van der Waals surface area contributed by atoms with Crippen LogP contribution in [0, 0.1) is 13.8 Å². The Morgan fingerprint density at radius 2 is 1.86 bits per heavy atom. The summed E-state index contributed by atoms with van der Waals surface area (Å²) < 4.78 is 2.10. The summed E-state index contributed by atoms with van der Waals surface area (Å²) in [6.45, 7) is 4.24. The standard InChI is InChI=1S/C18H25N3/c1-12-9-10-13(2)15(11-12)16-17(19)21(3)18(20-16)14-7-5-4-6-8-14/h9-11,14H,4-8,19H2,1-3H3. The van der Waals surface area contributed by atoms with E-state index in [4.69, 9.17) is 10.7 Å². The molecular formula is C18H25N3. The summed E-state index contributed by atoms with van der Waals surface area (Å²) in [5, 5.41) is 0. The van der Waals surface area contributed by atoms with E-state index in [2.05, 4.69) is 43.7 Å². The fraction of sp³-hybridized carbons (Fsp3) is 0.500. The Balaban J connectivity index is 2.05. The van der Waals surface area contributed by atoms with E-state index < -0.39 is 0 Å². The van der Waals surface area contributed by atoms with Gasteiger partial charge in [-0.15, -0.1) is 0 Å². The van der Waals surface area contributed by atoms with Gasteiger partial charge in [-0.3, -0.25) is 0 Å². The molecule has 0 saturated heterocycles. The van der Waals surface area contributed by atoms with E-state index in [0.29, 0.717) is 5.92 Å². The maximum atomic E-state index is 6.36. The minimum atomic E-state index is 0.574. The van der Waals surface area contributed by atoms with Crippen molar-refractivity contribution in [3.63, 3.8) is 0 Å². The molecule has 0 atom stereocenters. The van der Waals surface area contributed by atoms with Crippen LogP contribution in [0.2, 0.25) is 0 Å². The molecule has 0 aliphatic heterocycles. The van der Waals surface area contributed by atoms with Crippen LogP contribution in [-0.2, 0) is 7.05 Å². The Hall–Kier alpha value is -1.77. The van der Waals surface area contributed by atoms with Gasteiger partial charge >= 0.3 is 0 Å². The molecule has 1 saturated carbocycles. The largest absolute Gasteiger partial charge is 0.383 e. The zero-order valence-corrected chi connectivity index (χ0v) is 13.3. The zero-order valence-electron chi connectivity index (χ0n) is 13.3. The first-order valence-electron chi connectivity index (χ1n) is 7.97. The number of hydrogen-bond acceptors (Lipinski definition) is 2. The summed E-state index contributed by atoms with van der Waals surface area (Å²) in [5.41, 5.74) is 11.0. The molecule has 2 aromatic rings. The van der Waals surface area contributed by atoms with Crippen molar-refractivity contribution in [2.24, 2.45) is 7.05 Å². The van der Waals surface area contributed by atoms with Crippen LogP contribution in [0.5, 0.6) is 0 Å². The molecule has 1 fully saturated rings. The quantitative estimate of drug-likeness (QED) is 0.891. The molecule has 2 N–H and O–H groups in total. The van der Waals surface area contributed by atoms with E-state index in [9.17, 15) is 0 Å². The third-order valence-electron chi connectivity index (χ3n) is 4.79. The van der Waals surface area contributed by atoms with Crippen molar-refractivity contribution >= 4 is 5.82 Å². The molecule has 3 heteroatoms. The van der Waals surface area contributed by atoms with Crippen molar-refractivity contribution in [1.82, 2.24) is 9.55 Å². The first-order valence-corrected chi connectivity index (χ1v) is 7.97. The summed E-state index contributed by atoms with van der Waals surface area (Å²) in [6, 6.07) is 6.48. The van der Waals surface area contributed by atoms with Crippen molar-refractivity contribution in [1.29, 1.82) is 0 Å². The highest BCUT2D eigenvalue weighted by atomic mass is 15.1. The highest BCUT2D eigenvalue weighted by Crippen LogP contribution is 2.36. The second kappa shape index (κ2) is 5.55. The third kappa shape index (κ3) is 2.57. The molecule has 3 nitrogen and oxygen atoms in total. The summed E-state index contributed by atoms with van der Waals surface area (Å²) >= 11 is 0. The summed E-state index contributed by atoms with van der Waals surface area (Å²) in [4.78, 5) is 4.94. The number of nitrogens with zero attached hydrogens (tertiary/aromatic N) is 2. The number of nitrogen functional groups attached to an aromatic ring is 1. The lowest BCUT2D eigenvalue weighted by Gasteiger charge is -2.21. The normalized spacial score (nSPS) is 16.3. The molecule has 3 rings (SSSR count). The Morgan fingerprint density at radius 3 is 2.57 bits per heavy atom. The van der Waals surface area contributed by atoms with E-state index in [1.54, 1.807) is 0 Å². The monoisotopic (exact) mass is 283 g/mol. The number of anilines is 1. The first-order chi connectivity index (χ1) is 10.1. The minimum absolute atomic E-state index is 0.574. The van der Waals surface area contributed by atoms with Crippen molar-refractivity contribution in [3.8, 4) is 11.3 Å².